The number of hydrogen-bond acceptors (Lipinski definition) is 2. The van der Waals surface area contributed by atoms with Crippen LogP contribution in [0.25, 0.3) is 0 Å². The predicted octanol–water partition coefficient (Wildman–Crippen LogP) is 3.95. The van der Waals surface area contributed by atoms with Crippen molar-refractivity contribution in [1.29, 1.82) is 0 Å². The summed E-state index contributed by atoms with van der Waals surface area (Å²) in [6, 6.07) is 10.0. The quantitative estimate of drug-likeness (QED) is 0.856. The Morgan fingerprint density at radius 3 is 2.50 bits per heavy atom. The van der Waals surface area contributed by atoms with Gasteiger partial charge in [-0.15, -0.1) is 0 Å². The van der Waals surface area contributed by atoms with Crippen molar-refractivity contribution in [1.82, 2.24) is 4.90 Å². The first kappa shape index (κ1) is 14.8. The van der Waals surface area contributed by atoms with Crippen LogP contribution in [0.15, 0.2) is 47.1 Å². The Bertz CT molecular complexity index is 601. The molecule has 3 rings (SSSR count). The van der Waals surface area contributed by atoms with Gasteiger partial charge in [0.05, 0.1) is 12.2 Å². The van der Waals surface area contributed by atoms with E-state index in [4.69, 9.17) is 4.42 Å². The van der Waals surface area contributed by atoms with Gasteiger partial charge in [0.25, 0.3) is 0 Å². The lowest BCUT2D eigenvalue weighted by Crippen LogP contribution is -2.36. The molecule has 0 radical (unpaired) electrons. The summed E-state index contributed by atoms with van der Waals surface area (Å²) in [5.74, 6) is 0.455. The number of rotatable bonds is 4. The molecular weight excluding hydrogens is 281 g/mol. The van der Waals surface area contributed by atoms with Gasteiger partial charge in [0.1, 0.15) is 11.6 Å². The maximum absolute atomic E-state index is 13.1. The lowest BCUT2D eigenvalue weighted by atomic mass is 9.92. The van der Waals surface area contributed by atoms with Gasteiger partial charge >= 0.3 is 0 Å². The van der Waals surface area contributed by atoms with E-state index in [9.17, 15) is 9.18 Å². The van der Waals surface area contributed by atoms with Gasteiger partial charge in [-0.2, -0.15) is 0 Å². The van der Waals surface area contributed by atoms with E-state index in [0.717, 1.165) is 37.3 Å². The topological polar surface area (TPSA) is 33.5 Å². The zero-order chi connectivity index (χ0) is 15.4. The van der Waals surface area contributed by atoms with E-state index in [1.54, 1.807) is 18.4 Å². The summed E-state index contributed by atoms with van der Waals surface area (Å²) in [5.41, 5.74) is 0.904. The van der Waals surface area contributed by atoms with Crippen LogP contribution in [0, 0.1) is 5.82 Å². The molecule has 4 heteroatoms. The zero-order valence-electron chi connectivity index (χ0n) is 12.5. The summed E-state index contributed by atoms with van der Waals surface area (Å²) in [6.07, 6.45) is 5.32. The number of piperidine rings is 1. The Balaban J connectivity index is 1.79. The van der Waals surface area contributed by atoms with Crippen molar-refractivity contribution in [2.75, 3.05) is 13.1 Å². The second-order valence-electron chi connectivity index (χ2n) is 5.77. The van der Waals surface area contributed by atoms with Crippen molar-refractivity contribution < 1.29 is 13.6 Å². The number of hydrogen-bond donors (Lipinski definition) is 0. The molecule has 1 saturated heterocycles. The van der Waals surface area contributed by atoms with Crippen LogP contribution in [0.3, 0.4) is 0 Å². The van der Waals surface area contributed by atoms with Gasteiger partial charge in [-0.3, -0.25) is 4.79 Å². The van der Waals surface area contributed by atoms with Crippen LogP contribution in [-0.2, 0) is 4.79 Å². The predicted molar refractivity (Wildman–Crippen MR) is 82.0 cm³/mol. The highest BCUT2D eigenvalue weighted by Gasteiger charge is 2.24. The average molecular weight is 301 g/mol. The number of amides is 1. The summed E-state index contributed by atoms with van der Waals surface area (Å²) in [7, 11) is 0. The highest BCUT2D eigenvalue weighted by molar-refractivity contribution is 5.77. The number of nitrogens with zero attached hydrogens (tertiary/aromatic N) is 1. The van der Waals surface area contributed by atoms with Crippen molar-refractivity contribution in [3.05, 3.63) is 59.8 Å². The first-order chi connectivity index (χ1) is 10.7. The SMILES string of the molecule is O=C(CC(c1ccc(F)cc1)c1ccco1)N1CCCCC1. The van der Waals surface area contributed by atoms with E-state index in [0.29, 0.717) is 6.42 Å². The number of benzene rings is 1. The van der Waals surface area contributed by atoms with Crippen molar-refractivity contribution in [2.45, 2.75) is 31.6 Å². The van der Waals surface area contributed by atoms with Crippen molar-refractivity contribution >= 4 is 5.91 Å². The summed E-state index contributed by atoms with van der Waals surface area (Å²) in [4.78, 5) is 14.5. The first-order valence-electron chi connectivity index (χ1n) is 7.80. The van der Waals surface area contributed by atoms with Crippen LogP contribution in [0.5, 0.6) is 0 Å². The third kappa shape index (κ3) is 3.38. The molecule has 22 heavy (non-hydrogen) atoms. The smallest absolute Gasteiger partial charge is 0.223 e. The molecule has 0 N–H and O–H groups in total. The molecule has 1 aliphatic rings. The fourth-order valence-corrected chi connectivity index (χ4v) is 3.01. The fraction of sp³-hybridized carbons (Fsp3) is 0.389. The summed E-state index contributed by atoms with van der Waals surface area (Å²) < 4.78 is 18.7. The molecule has 1 aromatic carbocycles. The monoisotopic (exact) mass is 301 g/mol. The number of carbonyl (C=O) groups excluding carboxylic acids is 1. The van der Waals surface area contributed by atoms with E-state index in [-0.39, 0.29) is 17.6 Å². The second-order valence-corrected chi connectivity index (χ2v) is 5.77. The molecule has 1 unspecified atom stereocenters. The van der Waals surface area contributed by atoms with Crippen molar-refractivity contribution in [2.24, 2.45) is 0 Å². The maximum Gasteiger partial charge on any atom is 0.223 e. The molecule has 1 aliphatic heterocycles. The third-order valence-corrected chi connectivity index (χ3v) is 4.25. The van der Waals surface area contributed by atoms with Gasteiger partial charge < -0.3 is 9.32 Å². The van der Waals surface area contributed by atoms with Crippen molar-refractivity contribution in [3.8, 4) is 0 Å². The molecule has 1 aromatic heterocycles. The van der Waals surface area contributed by atoms with E-state index >= 15 is 0 Å². The Kier molecular flexibility index (Phi) is 4.56. The van der Waals surface area contributed by atoms with Gasteiger partial charge in [-0.25, -0.2) is 4.39 Å². The standard InChI is InChI=1S/C18H20FNO2/c19-15-8-6-14(7-9-15)16(17-5-4-12-22-17)13-18(21)20-10-2-1-3-11-20/h4-9,12,16H,1-3,10-11,13H2. The second kappa shape index (κ2) is 6.77. The molecule has 1 atom stereocenters. The minimum atomic E-state index is -0.274. The van der Waals surface area contributed by atoms with E-state index < -0.39 is 0 Å². The van der Waals surface area contributed by atoms with Crippen LogP contribution in [0.1, 0.15) is 42.9 Å². The van der Waals surface area contributed by atoms with Crippen LogP contribution in [-0.4, -0.2) is 23.9 Å². The van der Waals surface area contributed by atoms with Gasteiger partial charge in [0.15, 0.2) is 0 Å². The highest BCUT2D eigenvalue weighted by atomic mass is 19.1. The lowest BCUT2D eigenvalue weighted by Gasteiger charge is -2.28. The maximum atomic E-state index is 13.1. The van der Waals surface area contributed by atoms with Crippen LogP contribution in [0.4, 0.5) is 4.39 Å². The molecule has 1 amide bonds. The Labute approximate surface area is 129 Å². The Morgan fingerprint density at radius 2 is 1.86 bits per heavy atom. The minimum absolute atomic E-state index is 0.144. The average Bonchev–Trinajstić information content (AvgIpc) is 3.08. The molecule has 2 aromatic rings. The third-order valence-electron chi connectivity index (χ3n) is 4.25. The van der Waals surface area contributed by atoms with Crippen molar-refractivity contribution in [3.63, 3.8) is 0 Å². The largest absolute Gasteiger partial charge is 0.469 e. The number of carbonyl (C=O) groups is 1. The molecule has 0 saturated carbocycles. The Hall–Kier alpha value is -2.10. The van der Waals surface area contributed by atoms with E-state index in [1.807, 2.05) is 17.0 Å². The fourth-order valence-electron chi connectivity index (χ4n) is 3.01. The van der Waals surface area contributed by atoms with Crippen LogP contribution >= 0.6 is 0 Å². The summed E-state index contributed by atoms with van der Waals surface area (Å²) >= 11 is 0. The van der Waals surface area contributed by atoms with Crippen LogP contribution < -0.4 is 0 Å². The molecular formula is C18H20FNO2. The van der Waals surface area contributed by atoms with E-state index in [2.05, 4.69) is 0 Å². The number of likely N-dealkylation sites (tertiary alicyclic amines) is 1. The highest BCUT2D eigenvalue weighted by Crippen LogP contribution is 2.29. The van der Waals surface area contributed by atoms with Gasteiger partial charge in [0.2, 0.25) is 5.91 Å². The first-order valence-corrected chi connectivity index (χ1v) is 7.80. The molecule has 2 heterocycles. The molecule has 116 valence electrons. The molecule has 1 fully saturated rings. The molecule has 0 spiro atoms. The summed E-state index contributed by atoms with van der Waals surface area (Å²) in [5, 5.41) is 0. The number of furan rings is 1. The van der Waals surface area contributed by atoms with E-state index in [1.165, 1.54) is 18.6 Å². The van der Waals surface area contributed by atoms with Gasteiger partial charge in [-0.05, 0) is 49.1 Å². The van der Waals surface area contributed by atoms with Gasteiger partial charge in [-0.1, -0.05) is 12.1 Å². The summed E-state index contributed by atoms with van der Waals surface area (Å²) in [6.45, 7) is 1.68. The zero-order valence-corrected chi connectivity index (χ0v) is 12.5. The van der Waals surface area contributed by atoms with Crippen LogP contribution in [0.2, 0.25) is 0 Å². The van der Waals surface area contributed by atoms with Gasteiger partial charge in [0, 0.05) is 19.5 Å². The molecule has 3 nitrogen and oxygen atoms in total. The Morgan fingerprint density at radius 1 is 1.14 bits per heavy atom. The molecule has 0 aliphatic carbocycles. The minimum Gasteiger partial charge on any atom is -0.469 e. The normalized spacial score (nSPS) is 16.5. The number of halogens is 1. The lowest BCUT2D eigenvalue weighted by molar-refractivity contribution is -0.132. The molecule has 0 bridgehead atoms.